The van der Waals surface area contributed by atoms with Gasteiger partial charge in [-0.2, -0.15) is 0 Å². The van der Waals surface area contributed by atoms with Crippen molar-refractivity contribution in [3.05, 3.63) is 29.8 Å². The molecular weight excluding hydrogens is 222 g/mol. The molecule has 2 heteroatoms. The molecule has 2 rings (SSSR count). The van der Waals surface area contributed by atoms with E-state index in [0.29, 0.717) is 6.04 Å². The number of ether oxygens (including phenoxy) is 1. The predicted octanol–water partition coefficient (Wildman–Crippen LogP) is 3.26. The Labute approximate surface area is 111 Å². The fourth-order valence-electron chi connectivity index (χ4n) is 3.19. The van der Waals surface area contributed by atoms with Gasteiger partial charge in [0.2, 0.25) is 0 Å². The van der Waals surface area contributed by atoms with E-state index in [0.717, 1.165) is 24.1 Å². The standard InChI is InChI=1S/C16H25NO/c1-4-17-16-9-8-14(12(16)2)10-13-6-5-7-15(11-13)18-3/h5-7,11-12,14,16-17H,4,8-10H2,1-3H3. The Morgan fingerprint density at radius 1 is 1.33 bits per heavy atom. The van der Waals surface area contributed by atoms with E-state index < -0.39 is 0 Å². The van der Waals surface area contributed by atoms with Gasteiger partial charge < -0.3 is 10.1 Å². The smallest absolute Gasteiger partial charge is 0.119 e. The first-order valence-electron chi connectivity index (χ1n) is 7.11. The molecule has 1 aromatic rings. The van der Waals surface area contributed by atoms with E-state index in [2.05, 4.69) is 37.4 Å². The monoisotopic (exact) mass is 247 g/mol. The summed E-state index contributed by atoms with van der Waals surface area (Å²) in [5.41, 5.74) is 1.41. The van der Waals surface area contributed by atoms with Crippen LogP contribution in [-0.2, 0) is 6.42 Å². The second-order valence-electron chi connectivity index (χ2n) is 5.42. The third-order valence-electron chi connectivity index (χ3n) is 4.33. The van der Waals surface area contributed by atoms with Crippen molar-refractivity contribution in [2.75, 3.05) is 13.7 Å². The van der Waals surface area contributed by atoms with Crippen LogP contribution in [0.25, 0.3) is 0 Å². The molecule has 3 atom stereocenters. The van der Waals surface area contributed by atoms with Crippen LogP contribution in [0, 0.1) is 11.8 Å². The normalized spacial score (nSPS) is 27.4. The van der Waals surface area contributed by atoms with Crippen molar-refractivity contribution < 1.29 is 4.74 Å². The van der Waals surface area contributed by atoms with Crippen LogP contribution < -0.4 is 10.1 Å². The predicted molar refractivity (Wildman–Crippen MR) is 76.1 cm³/mol. The zero-order valence-electron chi connectivity index (χ0n) is 11.8. The Kier molecular flexibility index (Phi) is 4.65. The first kappa shape index (κ1) is 13.4. The van der Waals surface area contributed by atoms with E-state index >= 15 is 0 Å². The van der Waals surface area contributed by atoms with E-state index in [4.69, 9.17) is 4.74 Å². The Morgan fingerprint density at radius 2 is 2.17 bits per heavy atom. The van der Waals surface area contributed by atoms with Crippen LogP contribution in [0.1, 0.15) is 32.3 Å². The molecule has 1 aromatic carbocycles. The molecule has 0 amide bonds. The number of benzene rings is 1. The molecule has 2 nitrogen and oxygen atoms in total. The summed E-state index contributed by atoms with van der Waals surface area (Å²) < 4.78 is 5.29. The van der Waals surface area contributed by atoms with Crippen LogP contribution in [0.2, 0.25) is 0 Å². The minimum absolute atomic E-state index is 0.714. The van der Waals surface area contributed by atoms with E-state index in [1.807, 2.05) is 6.07 Å². The van der Waals surface area contributed by atoms with E-state index in [1.165, 1.54) is 24.8 Å². The molecule has 0 radical (unpaired) electrons. The molecule has 1 saturated carbocycles. The molecular formula is C16H25NO. The van der Waals surface area contributed by atoms with Crippen molar-refractivity contribution in [2.45, 2.75) is 39.2 Å². The summed E-state index contributed by atoms with van der Waals surface area (Å²) in [4.78, 5) is 0. The maximum Gasteiger partial charge on any atom is 0.119 e. The van der Waals surface area contributed by atoms with Crippen LogP contribution in [0.3, 0.4) is 0 Å². The second-order valence-corrected chi connectivity index (χ2v) is 5.42. The summed E-state index contributed by atoms with van der Waals surface area (Å²) in [6, 6.07) is 9.22. The molecule has 100 valence electrons. The average Bonchev–Trinajstić information content (AvgIpc) is 2.72. The maximum atomic E-state index is 5.29. The highest BCUT2D eigenvalue weighted by molar-refractivity contribution is 5.28. The molecule has 0 heterocycles. The Morgan fingerprint density at radius 3 is 2.89 bits per heavy atom. The number of nitrogens with one attached hydrogen (secondary N) is 1. The second kappa shape index (κ2) is 6.24. The van der Waals surface area contributed by atoms with Gasteiger partial charge >= 0.3 is 0 Å². The molecule has 0 bridgehead atoms. The summed E-state index contributed by atoms with van der Waals surface area (Å²) >= 11 is 0. The summed E-state index contributed by atoms with van der Waals surface area (Å²) in [5.74, 6) is 2.55. The topological polar surface area (TPSA) is 21.3 Å². The first-order chi connectivity index (χ1) is 8.74. The zero-order chi connectivity index (χ0) is 13.0. The quantitative estimate of drug-likeness (QED) is 0.862. The van der Waals surface area contributed by atoms with Crippen LogP contribution >= 0.6 is 0 Å². The number of hydrogen-bond donors (Lipinski definition) is 1. The molecule has 1 aliphatic rings. The van der Waals surface area contributed by atoms with Crippen LogP contribution in [0.15, 0.2) is 24.3 Å². The highest BCUT2D eigenvalue weighted by Crippen LogP contribution is 2.34. The number of methoxy groups -OCH3 is 1. The van der Waals surface area contributed by atoms with Gasteiger partial charge in [0.1, 0.15) is 5.75 Å². The Bertz CT molecular complexity index is 377. The van der Waals surface area contributed by atoms with E-state index in [1.54, 1.807) is 7.11 Å². The van der Waals surface area contributed by atoms with Crippen molar-refractivity contribution in [3.63, 3.8) is 0 Å². The van der Waals surface area contributed by atoms with Crippen LogP contribution in [0.4, 0.5) is 0 Å². The highest BCUT2D eigenvalue weighted by atomic mass is 16.5. The van der Waals surface area contributed by atoms with Gasteiger partial charge in [-0.25, -0.2) is 0 Å². The molecule has 18 heavy (non-hydrogen) atoms. The average molecular weight is 247 g/mol. The third kappa shape index (κ3) is 3.05. The van der Waals surface area contributed by atoms with Crippen molar-refractivity contribution in [2.24, 2.45) is 11.8 Å². The lowest BCUT2D eigenvalue weighted by molar-refractivity contribution is 0.354. The van der Waals surface area contributed by atoms with Crippen LogP contribution in [0.5, 0.6) is 5.75 Å². The Balaban J connectivity index is 1.97. The molecule has 0 saturated heterocycles. The number of hydrogen-bond acceptors (Lipinski definition) is 2. The molecule has 1 aliphatic carbocycles. The molecule has 0 aliphatic heterocycles. The van der Waals surface area contributed by atoms with Gasteiger partial charge in [0, 0.05) is 6.04 Å². The van der Waals surface area contributed by atoms with Crippen molar-refractivity contribution in [3.8, 4) is 5.75 Å². The zero-order valence-corrected chi connectivity index (χ0v) is 11.8. The Hall–Kier alpha value is -1.02. The SMILES string of the molecule is CCNC1CCC(Cc2cccc(OC)c2)C1C. The van der Waals surface area contributed by atoms with Gasteiger partial charge in [-0.3, -0.25) is 0 Å². The van der Waals surface area contributed by atoms with Crippen molar-refractivity contribution in [1.29, 1.82) is 0 Å². The fraction of sp³-hybridized carbons (Fsp3) is 0.625. The van der Waals surface area contributed by atoms with Gasteiger partial charge in [-0.15, -0.1) is 0 Å². The first-order valence-corrected chi connectivity index (χ1v) is 7.11. The van der Waals surface area contributed by atoms with Gasteiger partial charge in [0.25, 0.3) is 0 Å². The maximum absolute atomic E-state index is 5.29. The van der Waals surface area contributed by atoms with Crippen molar-refractivity contribution in [1.82, 2.24) is 5.32 Å². The van der Waals surface area contributed by atoms with Gasteiger partial charge in [-0.05, 0) is 55.3 Å². The highest BCUT2D eigenvalue weighted by Gasteiger charge is 2.31. The van der Waals surface area contributed by atoms with Gasteiger partial charge in [0.05, 0.1) is 7.11 Å². The largest absolute Gasteiger partial charge is 0.497 e. The molecule has 0 spiro atoms. The molecule has 1 N–H and O–H groups in total. The van der Waals surface area contributed by atoms with Gasteiger partial charge in [0.15, 0.2) is 0 Å². The van der Waals surface area contributed by atoms with E-state index in [9.17, 15) is 0 Å². The minimum Gasteiger partial charge on any atom is -0.497 e. The molecule has 0 aromatic heterocycles. The summed E-state index contributed by atoms with van der Waals surface area (Å²) in [6.07, 6.45) is 3.85. The summed E-state index contributed by atoms with van der Waals surface area (Å²) in [5, 5.41) is 3.61. The summed E-state index contributed by atoms with van der Waals surface area (Å²) in [7, 11) is 1.73. The van der Waals surface area contributed by atoms with Crippen LogP contribution in [-0.4, -0.2) is 19.7 Å². The van der Waals surface area contributed by atoms with E-state index in [-0.39, 0.29) is 0 Å². The lowest BCUT2D eigenvalue weighted by Crippen LogP contribution is -2.32. The third-order valence-corrected chi connectivity index (χ3v) is 4.33. The summed E-state index contributed by atoms with van der Waals surface area (Å²) in [6.45, 7) is 5.67. The minimum atomic E-state index is 0.714. The lowest BCUT2D eigenvalue weighted by Gasteiger charge is -2.21. The van der Waals surface area contributed by atoms with Gasteiger partial charge in [-0.1, -0.05) is 26.0 Å². The van der Waals surface area contributed by atoms with Crippen molar-refractivity contribution >= 4 is 0 Å². The number of rotatable bonds is 5. The lowest BCUT2D eigenvalue weighted by atomic mass is 9.89. The molecule has 3 unspecified atom stereocenters. The molecule has 1 fully saturated rings. The fourth-order valence-corrected chi connectivity index (χ4v) is 3.19.